The van der Waals surface area contributed by atoms with Gasteiger partial charge in [-0.15, -0.1) is 0 Å². The van der Waals surface area contributed by atoms with E-state index in [2.05, 4.69) is 12.2 Å². The van der Waals surface area contributed by atoms with E-state index < -0.39 is 0 Å². The summed E-state index contributed by atoms with van der Waals surface area (Å²) in [5.74, 6) is 0.760. The maximum absolute atomic E-state index is 11.8. The van der Waals surface area contributed by atoms with E-state index in [-0.39, 0.29) is 25.1 Å². The fourth-order valence-corrected chi connectivity index (χ4v) is 2.28. The quantitative estimate of drug-likeness (QED) is 0.773. The summed E-state index contributed by atoms with van der Waals surface area (Å²) in [7, 11) is 1.52. The molecule has 1 atom stereocenters. The summed E-state index contributed by atoms with van der Waals surface area (Å²) in [5, 5.41) is 3.39. The molecule has 1 rings (SSSR count). The second kappa shape index (κ2) is 8.74. The third kappa shape index (κ3) is 5.44. The Labute approximate surface area is 130 Å². The van der Waals surface area contributed by atoms with Gasteiger partial charge in [0.15, 0.2) is 18.1 Å². The largest absolute Gasteiger partial charge is 0.493 e. The van der Waals surface area contributed by atoms with Crippen molar-refractivity contribution in [2.45, 2.75) is 39.3 Å². The highest BCUT2D eigenvalue weighted by atomic mass is 35.5. The van der Waals surface area contributed by atoms with Crippen molar-refractivity contribution in [2.75, 3.05) is 13.7 Å². The molecule has 0 heterocycles. The van der Waals surface area contributed by atoms with Gasteiger partial charge in [0.1, 0.15) is 0 Å². The standard InChI is InChI=1S/C15H23ClN2O3/c1-4-5-10(2)18-14(19)9-21-15-11(8-17)6-12(16)7-13(15)20-3/h6-7,10H,4-5,8-9,17H2,1-3H3,(H,18,19). The normalized spacial score (nSPS) is 11.9. The number of carbonyl (C=O) groups is 1. The van der Waals surface area contributed by atoms with Gasteiger partial charge < -0.3 is 20.5 Å². The highest BCUT2D eigenvalue weighted by molar-refractivity contribution is 6.30. The van der Waals surface area contributed by atoms with Crippen LogP contribution in [0.15, 0.2) is 12.1 Å². The van der Waals surface area contributed by atoms with Crippen LogP contribution < -0.4 is 20.5 Å². The van der Waals surface area contributed by atoms with Gasteiger partial charge in [0.2, 0.25) is 0 Å². The topological polar surface area (TPSA) is 73.6 Å². The Morgan fingerprint density at radius 3 is 2.76 bits per heavy atom. The molecule has 1 amide bonds. The third-order valence-electron chi connectivity index (χ3n) is 3.01. The molecular formula is C15H23ClN2O3. The van der Waals surface area contributed by atoms with Crippen molar-refractivity contribution in [3.63, 3.8) is 0 Å². The van der Waals surface area contributed by atoms with Crippen molar-refractivity contribution in [1.82, 2.24) is 5.32 Å². The lowest BCUT2D eigenvalue weighted by molar-refractivity contribution is -0.123. The van der Waals surface area contributed by atoms with Gasteiger partial charge in [0, 0.05) is 29.2 Å². The van der Waals surface area contributed by atoms with Crippen LogP contribution in [0, 0.1) is 0 Å². The van der Waals surface area contributed by atoms with E-state index in [9.17, 15) is 4.79 Å². The van der Waals surface area contributed by atoms with E-state index >= 15 is 0 Å². The maximum atomic E-state index is 11.8. The van der Waals surface area contributed by atoms with Gasteiger partial charge in [-0.1, -0.05) is 24.9 Å². The first-order chi connectivity index (χ1) is 10.0. The van der Waals surface area contributed by atoms with Crippen molar-refractivity contribution in [1.29, 1.82) is 0 Å². The number of benzene rings is 1. The van der Waals surface area contributed by atoms with Gasteiger partial charge in [-0.05, 0) is 19.4 Å². The van der Waals surface area contributed by atoms with Crippen LogP contribution in [-0.4, -0.2) is 25.7 Å². The average Bonchev–Trinajstić information content (AvgIpc) is 2.44. The lowest BCUT2D eigenvalue weighted by atomic mass is 10.2. The molecule has 6 heteroatoms. The smallest absolute Gasteiger partial charge is 0.258 e. The molecule has 0 aromatic heterocycles. The monoisotopic (exact) mass is 314 g/mol. The fourth-order valence-electron chi connectivity index (χ4n) is 2.05. The van der Waals surface area contributed by atoms with Crippen molar-refractivity contribution in [2.24, 2.45) is 5.73 Å². The predicted octanol–water partition coefficient (Wildman–Crippen LogP) is 2.49. The van der Waals surface area contributed by atoms with Crippen molar-refractivity contribution < 1.29 is 14.3 Å². The summed E-state index contributed by atoms with van der Waals surface area (Å²) in [6, 6.07) is 3.47. The summed E-state index contributed by atoms with van der Waals surface area (Å²) in [4.78, 5) is 11.8. The molecule has 0 aliphatic heterocycles. The molecule has 0 aliphatic rings. The number of rotatable bonds is 8. The minimum atomic E-state index is -0.170. The molecule has 0 fully saturated rings. The number of halogens is 1. The van der Waals surface area contributed by atoms with Gasteiger partial charge in [0.25, 0.3) is 5.91 Å². The molecule has 1 unspecified atom stereocenters. The number of hydrogen-bond acceptors (Lipinski definition) is 4. The van der Waals surface area contributed by atoms with Crippen LogP contribution in [0.2, 0.25) is 5.02 Å². The molecule has 1 aromatic rings. The van der Waals surface area contributed by atoms with Crippen LogP contribution in [0.4, 0.5) is 0 Å². The van der Waals surface area contributed by atoms with E-state index in [1.807, 2.05) is 6.92 Å². The van der Waals surface area contributed by atoms with Crippen molar-refractivity contribution >= 4 is 17.5 Å². The predicted molar refractivity (Wildman–Crippen MR) is 83.9 cm³/mol. The zero-order chi connectivity index (χ0) is 15.8. The van der Waals surface area contributed by atoms with Gasteiger partial charge in [0.05, 0.1) is 7.11 Å². The van der Waals surface area contributed by atoms with Crippen LogP contribution in [0.3, 0.4) is 0 Å². The van der Waals surface area contributed by atoms with Crippen molar-refractivity contribution in [3.05, 3.63) is 22.7 Å². The molecular weight excluding hydrogens is 292 g/mol. The zero-order valence-corrected chi connectivity index (χ0v) is 13.5. The number of methoxy groups -OCH3 is 1. The summed E-state index contributed by atoms with van der Waals surface area (Å²) in [6.45, 7) is 4.21. The van der Waals surface area contributed by atoms with E-state index in [0.717, 1.165) is 12.8 Å². The Morgan fingerprint density at radius 1 is 1.48 bits per heavy atom. The summed E-state index contributed by atoms with van der Waals surface area (Å²) in [6.07, 6.45) is 1.95. The van der Waals surface area contributed by atoms with Crippen LogP contribution in [0.25, 0.3) is 0 Å². The first-order valence-electron chi connectivity index (χ1n) is 7.00. The van der Waals surface area contributed by atoms with E-state index in [1.54, 1.807) is 12.1 Å². The average molecular weight is 315 g/mol. The Kier molecular flexibility index (Phi) is 7.32. The zero-order valence-electron chi connectivity index (χ0n) is 12.7. The molecule has 0 aliphatic carbocycles. The molecule has 0 spiro atoms. The number of hydrogen-bond donors (Lipinski definition) is 2. The van der Waals surface area contributed by atoms with Crippen LogP contribution in [-0.2, 0) is 11.3 Å². The number of amides is 1. The Bertz CT molecular complexity index is 455. The van der Waals surface area contributed by atoms with Crippen molar-refractivity contribution in [3.8, 4) is 11.5 Å². The second-order valence-corrected chi connectivity index (χ2v) is 5.28. The lowest BCUT2D eigenvalue weighted by Gasteiger charge is -2.16. The Balaban J connectivity index is 2.72. The third-order valence-corrected chi connectivity index (χ3v) is 3.23. The van der Waals surface area contributed by atoms with E-state index in [1.165, 1.54) is 7.11 Å². The highest BCUT2D eigenvalue weighted by Crippen LogP contribution is 2.34. The van der Waals surface area contributed by atoms with Crippen LogP contribution >= 0.6 is 11.6 Å². The van der Waals surface area contributed by atoms with Gasteiger partial charge >= 0.3 is 0 Å². The first-order valence-corrected chi connectivity index (χ1v) is 7.38. The Hall–Kier alpha value is -1.46. The van der Waals surface area contributed by atoms with Crippen LogP contribution in [0.1, 0.15) is 32.3 Å². The summed E-state index contributed by atoms with van der Waals surface area (Å²) in [5.41, 5.74) is 6.38. The minimum Gasteiger partial charge on any atom is -0.493 e. The molecule has 0 saturated heterocycles. The Morgan fingerprint density at radius 2 is 2.19 bits per heavy atom. The molecule has 21 heavy (non-hydrogen) atoms. The summed E-state index contributed by atoms with van der Waals surface area (Å²) < 4.78 is 10.8. The molecule has 0 saturated carbocycles. The highest BCUT2D eigenvalue weighted by Gasteiger charge is 2.14. The number of carbonyl (C=O) groups excluding carboxylic acids is 1. The SMILES string of the molecule is CCCC(C)NC(=O)COc1c(CN)cc(Cl)cc1OC. The van der Waals surface area contributed by atoms with Crippen LogP contribution in [0.5, 0.6) is 11.5 Å². The summed E-state index contributed by atoms with van der Waals surface area (Å²) >= 11 is 5.98. The van der Waals surface area contributed by atoms with E-state index in [0.29, 0.717) is 22.1 Å². The minimum absolute atomic E-state index is 0.0843. The van der Waals surface area contributed by atoms with Gasteiger partial charge in [-0.2, -0.15) is 0 Å². The van der Waals surface area contributed by atoms with Gasteiger partial charge in [-0.3, -0.25) is 4.79 Å². The molecule has 0 bridgehead atoms. The molecule has 0 radical (unpaired) electrons. The molecule has 5 nitrogen and oxygen atoms in total. The molecule has 118 valence electrons. The lowest BCUT2D eigenvalue weighted by Crippen LogP contribution is -2.36. The molecule has 3 N–H and O–H groups in total. The molecule has 1 aromatic carbocycles. The van der Waals surface area contributed by atoms with Gasteiger partial charge in [-0.25, -0.2) is 0 Å². The first kappa shape index (κ1) is 17.6. The van der Waals surface area contributed by atoms with E-state index in [4.69, 9.17) is 26.8 Å². The number of nitrogens with two attached hydrogens (primary N) is 1. The number of nitrogens with one attached hydrogen (secondary N) is 1. The fraction of sp³-hybridized carbons (Fsp3) is 0.533. The second-order valence-electron chi connectivity index (χ2n) is 4.85. The number of ether oxygens (including phenoxy) is 2. The maximum Gasteiger partial charge on any atom is 0.258 e.